The number of methoxy groups -OCH3 is 1. The molecule has 1 heterocycles. The number of rotatable bonds is 13. The van der Waals surface area contributed by atoms with Gasteiger partial charge < -0.3 is 19.5 Å². The first-order chi connectivity index (χ1) is 20.5. The fourth-order valence-corrected chi connectivity index (χ4v) is 5.78. The summed E-state index contributed by atoms with van der Waals surface area (Å²) in [7, 11) is 1.62. The Morgan fingerprint density at radius 3 is 2.30 bits per heavy atom. The first-order valence-corrected chi connectivity index (χ1v) is 15.0. The van der Waals surface area contributed by atoms with Crippen LogP contribution in [-0.4, -0.2) is 46.8 Å². The van der Waals surface area contributed by atoms with E-state index in [2.05, 4.69) is 38.7 Å². The van der Waals surface area contributed by atoms with Crippen LogP contribution in [0.25, 0.3) is 10.9 Å². The molecule has 0 aliphatic carbocycles. The summed E-state index contributed by atoms with van der Waals surface area (Å²) < 4.78 is 19.2. The monoisotopic (exact) mass is 585 g/mol. The van der Waals surface area contributed by atoms with E-state index in [9.17, 15) is 14.0 Å². The Balaban J connectivity index is 1.57. The minimum absolute atomic E-state index is 0.0680. The number of hydrogen-bond acceptors (Lipinski definition) is 3. The van der Waals surface area contributed by atoms with Crippen LogP contribution >= 0.6 is 0 Å². The molecule has 0 radical (unpaired) electrons. The molecule has 4 rings (SSSR count). The quantitative estimate of drug-likeness (QED) is 0.178. The van der Waals surface area contributed by atoms with Gasteiger partial charge in [0.1, 0.15) is 18.1 Å². The van der Waals surface area contributed by atoms with Crippen molar-refractivity contribution in [2.75, 3.05) is 20.2 Å². The Kier molecular flexibility index (Phi) is 10.6. The van der Waals surface area contributed by atoms with E-state index in [0.717, 1.165) is 34.0 Å². The summed E-state index contributed by atoms with van der Waals surface area (Å²) in [6.45, 7) is 9.56. The summed E-state index contributed by atoms with van der Waals surface area (Å²) in [6, 6.07) is 21.9. The van der Waals surface area contributed by atoms with Crippen molar-refractivity contribution >= 4 is 22.7 Å². The van der Waals surface area contributed by atoms with Gasteiger partial charge in [-0.1, -0.05) is 76.2 Å². The summed E-state index contributed by atoms with van der Waals surface area (Å²) in [5, 5.41) is 1.13. The molecule has 1 aromatic heterocycles. The molecule has 0 saturated carbocycles. The van der Waals surface area contributed by atoms with Crippen LogP contribution in [0.2, 0.25) is 0 Å². The Morgan fingerprint density at radius 2 is 1.58 bits per heavy atom. The number of ether oxygens (including phenoxy) is 1. The highest BCUT2D eigenvalue weighted by atomic mass is 19.1. The molecule has 43 heavy (non-hydrogen) atoms. The van der Waals surface area contributed by atoms with Gasteiger partial charge in [-0.05, 0) is 59.6 Å². The van der Waals surface area contributed by atoms with Crippen LogP contribution in [0.1, 0.15) is 57.2 Å². The Hall–Kier alpha value is -4.13. The largest absolute Gasteiger partial charge is 0.496 e. The van der Waals surface area contributed by atoms with Crippen molar-refractivity contribution in [1.29, 1.82) is 0 Å². The SMILES string of the molecule is COc1ccccc1CN(CCc1c[nH]c2ccccc12)C(=O)CN(Cc1ccc(F)cc1)C(=O)CC(C)CC(C)(C)C. The van der Waals surface area contributed by atoms with Crippen LogP contribution in [-0.2, 0) is 29.1 Å². The highest BCUT2D eigenvalue weighted by molar-refractivity contribution is 5.85. The van der Waals surface area contributed by atoms with E-state index < -0.39 is 0 Å². The number of hydrogen-bond donors (Lipinski definition) is 1. The lowest BCUT2D eigenvalue weighted by Crippen LogP contribution is -2.43. The predicted molar refractivity (Wildman–Crippen MR) is 170 cm³/mol. The fourth-order valence-electron chi connectivity index (χ4n) is 5.78. The fraction of sp³-hybridized carbons (Fsp3) is 0.389. The summed E-state index contributed by atoms with van der Waals surface area (Å²) in [5.74, 6) is 0.303. The van der Waals surface area contributed by atoms with Gasteiger partial charge in [-0.3, -0.25) is 9.59 Å². The average Bonchev–Trinajstić information content (AvgIpc) is 3.38. The topological polar surface area (TPSA) is 65.6 Å². The molecule has 1 unspecified atom stereocenters. The number of benzene rings is 3. The molecule has 2 amide bonds. The zero-order valence-electron chi connectivity index (χ0n) is 26.0. The Bertz CT molecular complexity index is 1510. The molecular formula is C36H44FN3O3. The average molecular weight is 586 g/mol. The van der Waals surface area contributed by atoms with Crippen molar-refractivity contribution < 1.29 is 18.7 Å². The standard InChI is InChI=1S/C36H44FN3O3/c1-26(21-36(2,3)4)20-34(41)40(23-27-14-16-30(37)17-15-27)25-35(42)39(24-29-10-6-9-13-33(29)43-5)19-18-28-22-38-32-12-8-7-11-31(28)32/h6-17,22,26,38H,18-21,23-25H2,1-5H3. The molecule has 0 saturated heterocycles. The van der Waals surface area contributed by atoms with Gasteiger partial charge in [0.05, 0.1) is 7.11 Å². The molecule has 0 fully saturated rings. The van der Waals surface area contributed by atoms with Gasteiger partial charge in [0.25, 0.3) is 0 Å². The van der Waals surface area contributed by atoms with Crippen LogP contribution in [0.3, 0.4) is 0 Å². The van der Waals surface area contributed by atoms with Gasteiger partial charge in [0, 0.05) is 48.7 Å². The van der Waals surface area contributed by atoms with Gasteiger partial charge in [0.15, 0.2) is 0 Å². The van der Waals surface area contributed by atoms with Gasteiger partial charge in [-0.2, -0.15) is 0 Å². The number of aromatic nitrogens is 1. The zero-order valence-corrected chi connectivity index (χ0v) is 26.0. The van der Waals surface area contributed by atoms with E-state index in [1.807, 2.05) is 53.6 Å². The normalized spacial score (nSPS) is 12.2. The van der Waals surface area contributed by atoms with E-state index in [0.29, 0.717) is 31.7 Å². The molecule has 0 bridgehead atoms. The lowest BCUT2D eigenvalue weighted by molar-refractivity contribution is -0.142. The molecule has 0 aliphatic heterocycles. The molecule has 0 spiro atoms. The van der Waals surface area contributed by atoms with Crippen molar-refractivity contribution in [3.63, 3.8) is 0 Å². The van der Waals surface area contributed by atoms with E-state index in [-0.39, 0.29) is 42.1 Å². The van der Waals surface area contributed by atoms with Crippen molar-refractivity contribution in [3.05, 3.63) is 102 Å². The minimum atomic E-state index is -0.336. The minimum Gasteiger partial charge on any atom is -0.496 e. The van der Waals surface area contributed by atoms with E-state index in [4.69, 9.17) is 4.74 Å². The second kappa shape index (κ2) is 14.4. The Labute approximate surface area is 254 Å². The zero-order chi connectivity index (χ0) is 31.0. The third-order valence-corrected chi connectivity index (χ3v) is 7.68. The summed E-state index contributed by atoms with van der Waals surface area (Å²) in [4.78, 5) is 34.5. The van der Waals surface area contributed by atoms with Crippen LogP contribution < -0.4 is 4.74 Å². The number of nitrogens with zero attached hydrogens (tertiary/aromatic N) is 2. The summed E-state index contributed by atoms with van der Waals surface area (Å²) >= 11 is 0. The van der Waals surface area contributed by atoms with Crippen LogP contribution in [0.4, 0.5) is 4.39 Å². The number of fused-ring (bicyclic) bond motifs is 1. The summed E-state index contributed by atoms with van der Waals surface area (Å²) in [6.07, 6.45) is 3.88. The molecule has 6 nitrogen and oxygen atoms in total. The molecule has 0 aliphatic rings. The molecule has 3 aromatic carbocycles. The molecule has 1 N–H and O–H groups in total. The second-order valence-electron chi connectivity index (χ2n) is 12.7. The van der Waals surface area contributed by atoms with E-state index >= 15 is 0 Å². The van der Waals surface area contributed by atoms with Crippen LogP contribution in [0.15, 0.2) is 79.0 Å². The van der Waals surface area contributed by atoms with Crippen molar-refractivity contribution in [1.82, 2.24) is 14.8 Å². The molecule has 228 valence electrons. The number of nitrogens with one attached hydrogen (secondary N) is 1. The number of H-pyrrole nitrogens is 1. The number of halogens is 1. The van der Waals surface area contributed by atoms with Crippen molar-refractivity contribution in [2.24, 2.45) is 11.3 Å². The van der Waals surface area contributed by atoms with Gasteiger partial charge in [-0.25, -0.2) is 4.39 Å². The lowest BCUT2D eigenvalue weighted by Gasteiger charge is -2.30. The van der Waals surface area contributed by atoms with Crippen LogP contribution in [0.5, 0.6) is 5.75 Å². The molecule has 4 aromatic rings. The maximum absolute atomic E-state index is 14.1. The number of carbonyl (C=O) groups excluding carboxylic acids is 2. The maximum Gasteiger partial charge on any atom is 0.242 e. The first-order valence-electron chi connectivity index (χ1n) is 15.0. The van der Waals surface area contributed by atoms with Crippen molar-refractivity contribution in [3.8, 4) is 5.75 Å². The molecule has 7 heteroatoms. The summed E-state index contributed by atoms with van der Waals surface area (Å²) in [5.41, 5.74) is 3.95. The lowest BCUT2D eigenvalue weighted by atomic mass is 9.84. The smallest absolute Gasteiger partial charge is 0.242 e. The van der Waals surface area contributed by atoms with Gasteiger partial charge >= 0.3 is 0 Å². The predicted octanol–water partition coefficient (Wildman–Crippen LogP) is 7.38. The Morgan fingerprint density at radius 1 is 0.884 bits per heavy atom. The number of amides is 2. The highest BCUT2D eigenvalue weighted by Crippen LogP contribution is 2.27. The molecule has 1 atom stereocenters. The number of carbonyl (C=O) groups is 2. The highest BCUT2D eigenvalue weighted by Gasteiger charge is 2.25. The van der Waals surface area contributed by atoms with Gasteiger partial charge in [0.2, 0.25) is 11.8 Å². The second-order valence-corrected chi connectivity index (χ2v) is 12.7. The van der Waals surface area contributed by atoms with Crippen molar-refractivity contribution in [2.45, 2.75) is 60.0 Å². The number of aromatic amines is 1. The van der Waals surface area contributed by atoms with E-state index in [1.165, 1.54) is 12.1 Å². The molecular weight excluding hydrogens is 541 g/mol. The van der Waals surface area contributed by atoms with E-state index in [1.54, 1.807) is 24.1 Å². The maximum atomic E-state index is 14.1. The number of para-hydroxylation sites is 2. The van der Waals surface area contributed by atoms with Crippen LogP contribution in [0, 0.1) is 17.2 Å². The first kappa shape index (κ1) is 31.8. The third-order valence-electron chi connectivity index (χ3n) is 7.68. The van der Waals surface area contributed by atoms with Gasteiger partial charge in [-0.15, -0.1) is 0 Å². The third kappa shape index (κ3) is 9.18.